The van der Waals surface area contributed by atoms with E-state index in [0.717, 1.165) is 44.0 Å². The van der Waals surface area contributed by atoms with Crippen molar-refractivity contribution in [1.29, 1.82) is 0 Å². The normalized spacial score (nSPS) is 15.8. The first-order chi connectivity index (χ1) is 11.1. The molecule has 4 nitrogen and oxygen atoms in total. The number of piperazine rings is 1. The molecule has 23 heavy (non-hydrogen) atoms. The minimum atomic E-state index is 0.238. The van der Waals surface area contributed by atoms with Gasteiger partial charge in [0.1, 0.15) is 0 Å². The highest BCUT2D eigenvalue weighted by Gasteiger charge is 2.21. The number of nitrogens with zero attached hydrogens (tertiary/aromatic N) is 3. The van der Waals surface area contributed by atoms with Crippen LogP contribution in [0.15, 0.2) is 30.3 Å². The quantitative estimate of drug-likeness (QED) is 0.865. The van der Waals surface area contributed by atoms with Crippen molar-refractivity contribution in [3.8, 4) is 0 Å². The average Bonchev–Trinajstić information content (AvgIpc) is 2.95. The zero-order valence-corrected chi connectivity index (χ0v) is 14.6. The predicted molar refractivity (Wildman–Crippen MR) is 93.6 cm³/mol. The Balaban J connectivity index is 1.48. The van der Waals surface area contributed by atoms with Crippen molar-refractivity contribution < 1.29 is 4.79 Å². The van der Waals surface area contributed by atoms with Gasteiger partial charge in [-0.15, -0.1) is 0 Å². The van der Waals surface area contributed by atoms with Crippen LogP contribution < -0.4 is 0 Å². The van der Waals surface area contributed by atoms with E-state index in [1.807, 2.05) is 11.8 Å². The molecule has 2 heterocycles. The van der Waals surface area contributed by atoms with Gasteiger partial charge in [-0.1, -0.05) is 29.8 Å². The van der Waals surface area contributed by atoms with Gasteiger partial charge in [0.05, 0.1) is 12.1 Å². The standard InChI is InChI=1S/C18H23N3OS/c1-14-3-5-16(6-4-14)12-18(22)21-9-7-20(8-10-21)13-17-11-15(2)19-23-17/h3-6,11H,7-10,12-13H2,1-2H3. The van der Waals surface area contributed by atoms with Gasteiger partial charge in [-0.25, -0.2) is 0 Å². The Hall–Kier alpha value is -1.72. The Morgan fingerprint density at radius 3 is 2.43 bits per heavy atom. The molecule has 1 amide bonds. The molecular formula is C18H23N3OS. The second-order valence-electron chi connectivity index (χ2n) is 6.25. The molecule has 1 aliphatic heterocycles. The summed E-state index contributed by atoms with van der Waals surface area (Å²) in [5.41, 5.74) is 3.42. The molecule has 122 valence electrons. The van der Waals surface area contributed by atoms with Gasteiger partial charge in [-0.05, 0) is 37.0 Å². The van der Waals surface area contributed by atoms with Gasteiger partial charge < -0.3 is 4.90 Å². The minimum Gasteiger partial charge on any atom is -0.340 e. The second-order valence-corrected chi connectivity index (χ2v) is 7.14. The van der Waals surface area contributed by atoms with Crippen molar-refractivity contribution in [2.75, 3.05) is 26.2 Å². The second kappa shape index (κ2) is 7.23. The van der Waals surface area contributed by atoms with E-state index in [-0.39, 0.29) is 5.91 Å². The van der Waals surface area contributed by atoms with Crippen molar-refractivity contribution in [2.45, 2.75) is 26.8 Å². The summed E-state index contributed by atoms with van der Waals surface area (Å²) in [5, 5.41) is 0. The fraction of sp³-hybridized carbons (Fsp3) is 0.444. The van der Waals surface area contributed by atoms with E-state index in [9.17, 15) is 4.79 Å². The lowest BCUT2D eigenvalue weighted by molar-refractivity contribution is -0.132. The van der Waals surface area contributed by atoms with Crippen LogP contribution >= 0.6 is 11.5 Å². The summed E-state index contributed by atoms with van der Waals surface area (Å²) in [5.74, 6) is 0.238. The maximum atomic E-state index is 12.4. The van der Waals surface area contributed by atoms with Crippen LogP contribution in [0.1, 0.15) is 21.7 Å². The van der Waals surface area contributed by atoms with Gasteiger partial charge in [0.2, 0.25) is 5.91 Å². The Kier molecular flexibility index (Phi) is 5.08. The molecule has 5 heteroatoms. The molecule has 0 spiro atoms. The fourth-order valence-corrected chi connectivity index (χ4v) is 3.64. The summed E-state index contributed by atoms with van der Waals surface area (Å²) < 4.78 is 4.33. The zero-order chi connectivity index (χ0) is 16.2. The van der Waals surface area contributed by atoms with E-state index >= 15 is 0 Å². The monoisotopic (exact) mass is 329 g/mol. The lowest BCUT2D eigenvalue weighted by atomic mass is 10.1. The lowest BCUT2D eigenvalue weighted by Crippen LogP contribution is -2.48. The average molecular weight is 329 g/mol. The number of aryl methyl sites for hydroxylation is 2. The zero-order valence-electron chi connectivity index (χ0n) is 13.8. The van der Waals surface area contributed by atoms with Crippen molar-refractivity contribution >= 4 is 17.4 Å². The molecule has 0 aliphatic carbocycles. The molecule has 0 bridgehead atoms. The summed E-state index contributed by atoms with van der Waals surface area (Å²) in [6.07, 6.45) is 0.508. The molecule has 0 atom stereocenters. The Labute approximate surface area is 141 Å². The van der Waals surface area contributed by atoms with Crippen LogP contribution in [0.3, 0.4) is 0 Å². The highest BCUT2D eigenvalue weighted by atomic mass is 32.1. The largest absolute Gasteiger partial charge is 0.340 e. The first-order valence-corrected chi connectivity index (χ1v) is 8.85. The summed E-state index contributed by atoms with van der Waals surface area (Å²) in [6.45, 7) is 8.57. The lowest BCUT2D eigenvalue weighted by Gasteiger charge is -2.34. The number of aromatic nitrogens is 1. The van der Waals surface area contributed by atoms with Gasteiger partial charge in [0.15, 0.2) is 0 Å². The van der Waals surface area contributed by atoms with Gasteiger partial charge >= 0.3 is 0 Å². The molecule has 3 rings (SSSR count). The fourth-order valence-electron chi connectivity index (χ4n) is 2.86. The van der Waals surface area contributed by atoms with Crippen molar-refractivity contribution in [2.24, 2.45) is 0 Å². The minimum absolute atomic E-state index is 0.238. The Morgan fingerprint density at radius 1 is 1.13 bits per heavy atom. The van der Waals surface area contributed by atoms with Crippen LogP contribution in [0.5, 0.6) is 0 Å². The topological polar surface area (TPSA) is 36.4 Å². The molecule has 1 aromatic carbocycles. The van der Waals surface area contributed by atoms with E-state index in [0.29, 0.717) is 6.42 Å². The smallest absolute Gasteiger partial charge is 0.227 e. The first-order valence-electron chi connectivity index (χ1n) is 8.08. The van der Waals surface area contributed by atoms with Gasteiger partial charge in [0, 0.05) is 37.6 Å². The molecular weight excluding hydrogens is 306 g/mol. The van der Waals surface area contributed by atoms with Gasteiger partial charge in [-0.3, -0.25) is 9.69 Å². The van der Waals surface area contributed by atoms with Gasteiger partial charge in [-0.2, -0.15) is 4.37 Å². The number of hydrogen-bond donors (Lipinski definition) is 0. The summed E-state index contributed by atoms with van der Waals surface area (Å²) in [7, 11) is 0. The maximum absolute atomic E-state index is 12.4. The van der Waals surface area contributed by atoms with Crippen molar-refractivity contribution in [3.05, 3.63) is 52.0 Å². The molecule has 1 fully saturated rings. The highest BCUT2D eigenvalue weighted by Crippen LogP contribution is 2.14. The van der Waals surface area contributed by atoms with Crippen LogP contribution in [-0.4, -0.2) is 46.3 Å². The van der Waals surface area contributed by atoms with Crippen LogP contribution in [0.4, 0.5) is 0 Å². The summed E-state index contributed by atoms with van der Waals surface area (Å²) in [4.78, 5) is 18.1. The molecule has 0 unspecified atom stereocenters. The number of benzene rings is 1. The van der Waals surface area contributed by atoms with E-state index < -0.39 is 0 Å². The molecule has 2 aromatic rings. The van der Waals surface area contributed by atoms with Crippen LogP contribution in [0.2, 0.25) is 0 Å². The van der Waals surface area contributed by atoms with Crippen molar-refractivity contribution in [3.63, 3.8) is 0 Å². The first kappa shape index (κ1) is 16.1. The number of carbonyl (C=O) groups excluding carboxylic acids is 1. The van der Waals surface area contributed by atoms with Gasteiger partial charge in [0.25, 0.3) is 0 Å². The van der Waals surface area contributed by atoms with Crippen LogP contribution in [0, 0.1) is 13.8 Å². The molecule has 1 saturated heterocycles. The molecule has 0 saturated carbocycles. The number of hydrogen-bond acceptors (Lipinski definition) is 4. The third-order valence-electron chi connectivity index (χ3n) is 4.26. The summed E-state index contributed by atoms with van der Waals surface area (Å²) >= 11 is 1.58. The summed E-state index contributed by atoms with van der Waals surface area (Å²) in [6, 6.07) is 10.4. The third kappa shape index (κ3) is 4.39. The van der Waals surface area contributed by atoms with E-state index in [4.69, 9.17) is 0 Å². The Morgan fingerprint density at radius 2 is 1.83 bits per heavy atom. The third-order valence-corrected chi connectivity index (χ3v) is 5.12. The number of carbonyl (C=O) groups is 1. The Bertz CT molecular complexity index is 657. The highest BCUT2D eigenvalue weighted by molar-refractivity contribution is 7.05. The molecule has 1 aliphatic rings. The van der Waals surface area contributed by atoms with E-state index in [1.54, 1.807) is 11.5 Å². The SMILES string of the molecule is Cc1ccc(CC(=O)N2CCN(Cc3cc(C)ns3)CC2)cc1. The molecule has 0 radical (unpaired) electrons. The molecule has 0 N–H and O–H groups in total. The number of amides is 1. The van der Waals surface area contributed by atoms with E-state index in [2.05, 4.69) is 46.5 Å². The van der Waals surface area contributed by atoms with Crippen LogP contribution in [-0.2, 0) is 17.8 Å². The van der Waals surface area contributed by atoms with Crippen molar-refractivity contribution in [1.82, 2.24) is 14.2 Å². The maximum Gasteiger partial charge on any atom is 0.227 e. The van der Waals surface area contributed by atoms with Crippen LogP contribution in [0.25, 0.3) is 0 Å². The van der Waals surface area contributed by atoms with E-state index in [1.165, 1.54) is 10.4 Å². The predicted octanol–water partition coefficient (Wildman–Crippen LogP) is 2.65. The molecule has 1 aromatic heterocycles. The number of rotatable bonds is 4.